The number of ether oxygens (including phenoxy) is 4. The lowest BCUT2D eigenvalue weighted by Crippen LogP contribution is -2.03. The van der Waals surface area contributed by atoms with E-state index in [9.17, 15) is 0 Å². The zero-order valence-corrected chi connectivity index (χ0v) is 23.5. The van der Waals surface area contributed by atoms with Gasteiger partial charge < -0.3 is 33.2 Å². The van der Waals surface area contributed by atoms with Crippen molar-refractivity contribution in [3.05, 3.63) is 78.6 Å². The first-order valence-corrected chi connectivity index (χ1v) is 13.0. The monoisotopic (exact) mass is 550 g/mol. The molecule has 6 aromatic rings. The lowest BCUT2D eigenvalue weighted by Gasteiger charge is -2.14. The van der Waals surface area contributed by atoms with Gasteiger partial charge in [-0.2, -0.15) is 4.98 Å². The lowest BCUT2D eigenvalue weighted by atomic mass is 9.98. The van der Waals surface area contributed by atoms with Crippen LogP contribution in [0.2, 0.25) is 0 Å². The average Bonchev–Trinajstić information content (AvgIpc) is 3.59. The van der Waals surface area contributed by atoms with Crippen LogP contribution in [0.3, 0.4) is 0 Å². The first kappa shape index (κ1) is 26.1. The third-order valence-electron chi connectivity index (χ3n) is 7.16. The van der Waals surface area contributed by atoms with Gasteiger partial charge in [0.15, 0.2) is 11.5 Å². The maximum absolute atomic E-state index is 6.49. The minimum atomic E-state index is 0.462. The Morgan fingerprint density at radius 1 is 0.829 bits per heavy atom. The molecule has 1 N–H and O–H groups in total. The highest BCUT2D eigenvalue weighted by Gasteiger charge is 2.23. The normalized spacial score (nSPS) is 11.1. The van der Waals surface area contributed by atoms with Crippen LogP contribution in [-0.2, 0) is 13.6 Å². The van der Waals surface area contributed by atoms with Crippen molar-refractivity contribution in [2.24, 2.45) is 7.05 Å². The predicted molar refractivity (Wildman–Crippen MR) is 159 cm³/mol. The standard InChI is InChI=1S/C32H30N4O5/c1-36-13-12-20-14-21(8-11-25(20)36)29-28(22-15-26(38-3)30(40-5)27(16-22)39-4)24-18-34-32(35-31(24)41-29)33-17-19-6-9-23(37-2)10-7-19/h6-16,18H,17H2,1-5H3,(H,33,34,35). The molecular formula is C32H30N4O5. The summed E-state index contributed by atoms with van der Waals surface area (Å²) in [5.41, 5.74) is 5.23. The fourth-order valence-electron chi connectivity index (χ4n) is 5.03. The number of hydrogen-bond acceptors (Lipinski definition) is 8. The minimum absolute atomic E-state index is 0.462. The van der Waals surface area contributed by atoms with Crippen LogP contribution < -0.4 is 24.3 Å². The van der Waals surface area contributed by atoms with Gasteiger partial charge in [0.1, 0.15) is 11.5 Å². The number of aryl methyl sites for hydroxylation is 1. The van der Waals surface area contributed by atoms with Gasteiger partial charge in [0, 0.05) is 48.0 Å². The molecule has 9 heteroatoms. The smallest absolute Gasteiger partial charge is 0.232 e. The van der Waals surface area contributed by atoms with E-state index in [2.05, 4.69) is 39.1 Å². The molecule has 0 fully saturated rings. The molecule has 0 unspecified atom stereocenters. The second-order valence-electron chi connectivity index (χ2n) is 9.53. The van der Waals surface area contributed by atoms with Crippen LogP contribution in [0.1, 0.15) is 5.56 Å². The van der Waals surface area contributed by atoms with Gasteiger partial charge in [0.25, 0.3) is 0 Å². The predicted octanol–water partition coefficient (Wildman–Crippen LogP) is 6.70. The number of aromatic nitrogens is 3. The lowest BCUT2D eigenvalue weighted by molar-refractivity contribution is 0.324. The van der Waals surface area contributed by atoms with Crippen LogP contribution in [0, 0.1) is 0 Å². The molecule has 6 rings (SSSR count). The Kier molecular flexibility index (Phi) is 6.84. The second kappa shape index (κ2) is 10.8. The number of methoxy groups -OCH3 is 4. The Bertz CT molecular complexity index is 1830. The van der Waals surface area contributed by atoms with Crippen LogP contribution in [-0.4, -0.2) is 43.0 Å². The molecule has 208 valence electrons. The first-order valence-electron chi connectivity index (χ1n) is 13.0. The molecule has 41 heavy (non-hydrogen) atoms. The SMILES string of the molecule is COc1ccc(CNc2ncc3c(-c4cc(OC)c(OC)c(OC)c4)c(-c4ccc5c(ccn5C)c4)oc3n2)cc1. The number of fused-ring (bicyclic) bond motifs is 2. The molecule has 0 aliphatic rings. The van der Waals surface area contributed by atoms with E-state index in [0.29, 0.717) is 41.2 Å². The van der Waals surface area contributed by atoms with Crippen LogP contribution in [0.25, 0.3) is 44.5 Å². The van der Waals surface area contributed by atoms with Gasteiger partial charge in [-0.3, -0.25) is 0 Å². The molecule has 0 radical (unpaired) electrons. The molecule has 0 atom stereocenters. The third kappa shape index (κ3) is 4.75. The topological polar surface area (TPSA) is 92.8 Å². The van der Waals surface area contributed by atoms with Crippen molar-refractivity contribution in [2.75, 3.05) is 33.8 Å². The molecule has 0 aliphatic carbocycles. The van der Waals surface area contributed by atoms with E-state index >= 15 is 0 Å². The third-order valence-corrected chi connectivity index (χ3v) is 7.16. The number of rotatable bonds is 9. The Labute approximate surface area is 237 Å². The number of furan rings is 1. The number of anilines is 1. The Morgan fingerprint density at radius 2 is 1.59 bits per heavy atom. The molecule has 0 amide bonds. The quantitative estimate of drug-likeness (QED) is 0.213. The van der Waals surface area contributed by atoms with Gasteiger partial charge in [-0.15, -0.1) is 0 Å². The van der Waals surface area contributed by atoms with E-state index in [4.69, 9.17) is 28.3 Å². The maximum atomic E-state index is 6.49. The van der Waals surface area contributed by atoms with Crippen LogP contribution in [0.4, 0.5) is 5.95 Å². The van der Waals surface area contributed by atoms with Crippen LogP contribution >= 0.6 is 0 Å². The van der Waals surface area contributed by atoms with Crippen LogP contribution in [0.5, 0.6) is 23.0 Å². The summed E-state index contributed by atoms with van der Waals surface area (Å²) in [5.74, 6) is 3.53. The molecule has 0 spiro atoms. The van der Waals surface area contributed by atoms with Gasteiger partial charge >= 0.3 is 0 Å². The van der Waals surface area contributed by atoms with Gasteiger partial charge in [0.05, 0.1) is 33.8 Å². The zero-order valence-electron chi connectivity index (χ0n) is 23.5. The number of benzene rings is 3. The van der Waals surface area contributed by atoms with Gasteiger partial charge in [-0.25, -0.2) is 4.98 Å². The fraction of sp³-hybridized carbons (Fsp3) is 0.188. The highest BCUT2D eigenvalue weighted by Crippen LogP contribution is 2.46. The molecule has 3 aromatic carbocycles. The zero-order chi connectivity index (χ0) is 28.5. The van der Waals surface area contributed by atoms with Crippen molar-refractivity contribution in [1.82, 2.24) is 14.5 Å². The molecule has 0 saturated carbocycles. The summed E-state index contributed by atoms with van der Waals surface area (Å²) >= 11 is 0. The fourth-order valence-corrected chi connectivity index (χ4v) is 5.03. The largest absolute Gasteiger partial charge is 0.497 e. The summed E-state index contributed by atoms with van der Waals surface area (Å²) in [5, 5.41) is 5.16. The summed E-state index contributed by atoms with van der Waals surface area (Å²) in [6, 6.07) is 20.0. The molecule has 0 saturated heterocycles. The van der Waals surface area contributed by atoms with E-state index in [1.54, 1.807) is 34.6 Å². The summed E-state index contributed by atoms with van der Waals surface area (Å²) in [6.07, 6.45) is 3.82. The Morgan fingerprint density at radius 3 is 2.27 bits per heavy atom. The van der Waals surface area contributed by atoms with Crippen LogP contribution in [0.15, 0.2) is 77.5 Å². The highest BCUT2D eigenvalue weighted by atomic mass is 16.5. The second-order valence-corrected chi connectivity index (χ2v) is 9.53. The first-order chi connectivity index (χ1) is 20.0. The Balaban J connectivity index is 1.48. The summed E-state index contributed by atoms with van der Waals surface area (Å²) in [6.45, 7) is 0.549. The van der Waals surface area contributed by atoms with E-state index in [0.717, 1.165) is 44.3 Å². The van der Waals surface area contributed by atoms with Crippen molar-refractivity contribution in [3.63, 3.8) is 0 Å². The van der Waals surface area contributed by atoms with E-state index in [1.165, 1.54) is 0 Å². The van der Waals surface area contributed by atoms with Crippen molar-refractivity contribution < 1.29 is 23.4 Å². The summed E-state index contributed by atoms with van der Waals surface area (Å²) < 4.78 is 30.7. The van der Waals surface area contributed by atoms with Gasteiger partial charge in [-0.1, -0.05) is 12.1 Å². The number of hydrogen-bond donors (Lipinski definition) is 1. The number of nitrogens with one attached hydrogen (secondary N) is 1. The van der Waals surface area contributed by atoms with Gasteiger partial charge in [0.2, 0.25) is 17.4 Å². The van der Waals surface area contributed by atoms with Crippen molar-refractivity contribution in [1.29, 1.82) is 0 Å². The van der Waals surface area contributed by atoms with Crippen molar-refractivity contribution >= 4 is 28.0 Å². The highest BCUT2D eigenvalue weighted by molar-refractivity contribution is 6.02. The summed E-state index contributed by atoms with van der Waals surface area (Å²) in [4.78, 5) is 9.36. The average molecular weight is 551 g/mol. The van der Waals surface area contributed by atoms with E-state index < -0.39 is 0 Å². The summed E-state index contributed by atoms with van der Waals surface area (Å²) in [7, 11) is 8.46. The van der Waals surface area contributed by atoms with E-state index in [-0.39, 0.29) is 0 Å². The molecule has 3 heterocycles. The van der Waals surface area contributed by atoms with E-state index in [1.807, 2.05) is 49.6 Å². The maximum Gasteiger partial charge on any atom is 0.232 e. The minimum Gasteiger partial charge on any atom is -0.497 e. The van der Waals surface area contributed by atoms with Gasteiger partial charge in [-0.05, 0) is 59.7 Å². The van der Waals surface area contributed by atoms with Crippen molar-refractivity contribution in [2.45, 2.75) is 6.54 Å². The number of nitrogens with zero attached hydrogens (tertiary/aromatic N) is 3. The molecular weight excluding hydrogens is 520 g/mol. The molecule has 0 aliphatic heterocycles. The molecule has 3 aromatic heterocycles. The molecule has 0 bridgehead atoms. The molecule has 9 nitrogen and oxygen atoms in total. The van der Waals surface area contributed by atoms with Crippen molar-refractivity contribution in [3.8, 4) is 45.4 Å². The Hall–Kier alpha value is -5.18.